The number of hydrogen-bond donors (Lipinski definition) is 3. The number of carbonyl (C=O) groups excluding carboxylic acids is 3. The molecule has 0 saturated heterocycles. The topological polar surface area (TPSA) is 99.8 Å². The monoisotopic (exact) mass is 384 g/mol. The van der Waals surface area contributed by atoms with Crippen molar-refractivity contribution in [1.82, 2.24) is 4.90 Å². The van der Waals surface area contributed by atoms with Crippen molar-refractivity contribution in [2.45, 2.75) is 6.92 Å². The SMILES string of the molecule is COc1ccc(NC(=O)CN(C)CC(=O)Nc2ccc(NC(C)=O)cc2)cc1. The third-order valence-electron chi connectivity index (χ3n) is 3.69. The van der Waals surface area contributed by atoms with E-state index in [0.29, 0.717) is 22.8 Å². The number of nitrogens with one attached hydrogen (secondary N) is 3. The smallest absolute Gasteiger partial charge is 0.238 e. The van der Waals surface area contributed by atoms with E-state index in [0.717, 1.165) is 0 Å². The maximum atomic E-state index is 12.1. The zero-order chi connectivity index (χ0) is 20.5. The van der Waals surface area contributed by atoms with Gasteiger partial charge in [0.25, 0.3) is 0 Å². The summed E-state index contributed by atoms with van der Waals surface area (Å²) in [5.74, 6) is 0.0791. The number of hydrogen-bond acceptors (Lipinski definition) is 5. The summed E-state index contributed by atoms with van der Waals surface area (Å²) in [5.41, 5.74) is 1.91. The molecule has 0 aromatic heterocycles. The molecule has 0 aliphatic carbocycles. The second kappa shape index (κ2) is 10.1. The molecule has 3 N–H and O–H groups in total. The van der Waals surface area contributed by atoms with Crippen molar-refractivity contribution in [3.05, 3.63) is 48.5 Å². The number of amides is 3. The maximum Gasteiger partial charge on any atom is 0.238 e. The highest BCUT2D eigenvalue weighted by Gasteiger charge is 2.11. The van der Waals surface area contributed by atoms with Crippen molar-refractivity contribution in [2.75, 3.05) is 43.2 Å². The molecule has 2 rings (SSSR count). The summed E-state index contributed by atoms with van der Waals surface area (Å²) in [6, 6.07) is 13.8. The largest absolute Gasteiger partial charge is 0.497 e. The number of benzene rings is 2. The summed E-state index contributed by atoms with van der Waals surface area (Å²) in [4.78, 5) is 36.8. The number of methoxy groups -OCH3 is 1. The summed E-state index contributed by atoms with van der Waals surface area (Å²) in [5, 5.41) is 8.17. The summed E-state index contributed by atoms with van der Waals surface area (Å²) in [7, 11) is 3.26. The molecular weight excluding hydrogens is 360 g/mol. The molecule has 0 unspecified atom stereocenters. The minimum absolute atomic E-state index is 0.0590. The second-order valence-corrected chi connectivity index (χ2v) is 6.26. The van der Waals surface area contributed by atoms with Gasteiger partial charge in [-0.15, -0.1) is 0 Å². The van der Waals surface area contributed by atoms with E-state index in [1.54, 1.807) is 67.6 Å². The molecule has 0 atom stereocenters. The Hall–Kier alpha value is -3.39. The third kappa shape index (κ3) is 7.08. The van der Waals surface area contributed by atoms with Crippen LogP contribution < -0.4 is 20.7 Å². The molecule has 148 valence electrons. The van der Waals surface area contributed by atoms with E-state index >= 15 is 0 Å². The predicted molar refractivity (Wildman–Crippen MR) is 108 cm³/mol. The summed E-state index contributed by atoms with van der Waals surface area (Å²) >= 11 is 0. The van der Waals surface area contributed by atoms with Gasteiger partial charge in [0.05, 0.1) is 20.2 Å². The van der Waals surface area contributed by atoms with Crippen LogP contribution in [0.25, 0.3) is 0 Å². The summed E-state index contributed by atoms with van der Waals surface area (Å²) in [6.07, 6.45) is 0. The van der Waals surface area contributed by atoms with Crippen LogP contribution in [-0.2, 0) is 14.4 Å². The maximum absolute atomic E-state index is 12.1. The van der Waals surface area contributed by atoms with Gasteiger partial charge in [0.2, 0.25) is 17.7 Å². The fourth-order valence-electron chi connectivity index (χ4n) is 2.46. The van der Waals surface area contributed by atoms with E-state index in [2.05, 4.69) is 16.0 Å². The van der Waals surface area contributed by atoms with Gasteiger partial charge in [-0.05, 0) is 55.6 Å². The van der Waals surface area contributed by atoms with Gasteiger partial charge in [-0.1, -0.05) is 0 Å². The molecule has 8 nitrogen and oxygen atoms in total. The quantitative estimate of drug-likeness (QED) is 0.648. The molecule has 28 heavy (non-hydrogen) atoms. The molecule has 0 radical (unpaired) electrons. The lowest BCUT2D eigenvalue weighted by molar-refractivity contribution is -0.119. The van der Waals surface area contributed by atoms with Crippen molar-refractivity contribution in [3.8, 4) is 5.75 Å². The van der Waals surface area contributed by atoms with E-state index in [9.17, 15) is 14.4 Å². The Kier molecular flexibility index (Phi) is 7.53. The molecule has 0 bridgehead atoms. The average molecular weight is 384 g/mol. The van der Waals surface area contributed by atoms with E-state index in [4.69, 9.17) is 4.74 Å². The second-order valence-electron chi connectivity index (χ2n) is 6.26. The molecule has 2 aromatic rings. The molecule has 3 amide bonds. The van der Waals surface area contributed by atoms with Gasteiger partial charge < -0.3 is 20.7 Å². The van der Waals surface area contributed by atoms with Gasteiger partial charge in [-0.2, -0.15) is 0 Å². The first-order valence-electron chi connectivity index (χ1n) is 8.65. The number of likely N-dealkylation sites (N-methyl/N-ethyl adjacent to an activating group) is 1. The van der Waals surface area contributed by atoms with Crippen LogP contribution in [0.15, 0.2) is 48.5 Å². The van der Waals surface area contributed by atoms with Crippen LogP contribution >= 0.6 is 0 Å². The van der Waals surface area contributed by atoms with E-state index in [1.165, 1.54) is 6.92 Å². The van der Waals surface area contributed by atoms with Crippen LogP contribution in [0.3, 0.4) is 0 Å². The number of nitrogens with zero attached hydrogens (tertiary/aromatic N) is 1. The lowest BCUT2D eigenvalue weighted by atomic mass is 10.2. The highest BCUT2D eigenvalue weighted by molar-refractivity contribution is 5.95. The lowest BCUT2D eigenvalue weighted by Crippen LogP contribution is -2.36. The molecule has 0 fully saturated rings. The van der Waals surface area contributed by atoms with Crippen LogP contribution in [0.4, 0.5) is 17.1 Å². The van der Waals surface area contributed by atoms with Gasteiger partial charge in [0.1, 0.15) is 5.75 Å². The third-order valence-corrected chi connectivity index (χ3v) is 3.69. The first-order chi connectivity index (χ1) is 13.4. The first-order valence-corrected chi connectivity index (χ1v) is 8.65. The van der Waals surface area contributed by atoms with Crippen LogP contribution in [-0.4, -0.2) is 49.9 Å². The Balaban J connectivity index is 1.77. The fourth-order valence-corrected chi connectivity index (χ4v) is 2.46. The Morgan fingerprint density at radius 1 is 0.786 bits per heavy atom. The first kappa shape index (κ1) is 20.9. The van der Waals surface area contributed by atoms with Crippen molar-refractivity contribution in [3.63, 3.8) is 0 Å². The zero-order valence-electron chi connectivity index (χ0n) is 16.1. The van der Waals surface area contributed by atoms with Crippen LogP contribution in [0.2, 0.25) is 0 Å². The van der Waals surface area contributed by atoms with Gasteiger partial charge in [0.15, 0.2) is 0 Å². The number of anilines is 3. The molecule has 2 aromatic carbocycles. The minimum atomic E-state index is -0.243. The van der Waals surface area contributed by atoms with Gasteiger partial charge >= 0.3 is 0 Å². The lowest BCUT2D eigenvalue weighted by Gasteiger charge is -2.16. The predicted octanol–water partition coefficient (Wildman–Crippen LogP) is 2.16. The zero-order valence-corrected chi connectivity index (χ0v) is 16.1. The van der Waals surface area contributed by atoms with E-state index < -0.39 is 0 Å². The Bertz CT molecular complexity index is 819. The number of ether oxygens (including phenoxy) is 1. The van der Waals surface area contributed by atoms with Gasteiger partial charge in [-0.25, -0.2) is 0 Å². The standard InChI is InChI=1S/C20H24N4O4/c1-14(25)21-15-4-6-16(7-5-15)22-19(26)12-24(2)13-20(27)23-17-8-10-18(28-3)11-9-17/h4-11H,12-13H2,1-3H3,(H,21,25)(H,22,26)(H,23,27). The number of carbonyl (C=O) groups is 3. The van der Waals surface area contributed by atoms with Gasteiger partial charge in [-0.3, -0.25) is 19.3 Å². The minimum Gasteiger partial charge on any atom is -0.497 e. The van der Waals surface area contributed by atoms with Crippen molar-refractivity contribution in [2.24, 2.45) is 0 Å². The molecule has 0 saturated carbocycles. The normalized spacial score (nSPS) is 10.3. The van der Waals surface area contributed by atoms with Crippen molar-refractivity contribution >= 4 is 34.8 Å². The Morgan fingerprint density at radius 3 is 1.57 bits per heavy atom. The Labute approximate surface area is 163 Å². The average Bonchev–Trinajstić information content (AvgIpc) is 2.63. The van der Waals surface area contributed by atoms with Crippen molar-refractivity contribution in [1.29, 1.82) is 0 Å². The van der Waals surface area contributed by atoms with E-state index in [-0.39, 0.29) is 30.8 Å². The van der Waals surface area contributed by atoms with E-state index in [1.807, 2.05) is 0 Å². The highest BCUT2D eigenvalue weighted by atomic mass is 16.5. The Morgan fingerprint density at radius 2 is 1.18 bits per heavy atom. The summed E-state index contributed by atoms with van der Waals surface area (Å²) < 4.78 is 5.07. The summed E-state index contributed by atoms with van der Waals surface area (Å²) in [6.45, 7) is 1.56. The molecular formula is C20H24N4O4. The van der Waals surface area contributed by atoms with Crippen LogP contribution in [0, 0.1) is 0 Å². The molecule has 0 aliphatic rings. The van der Waals surface area contributed by atoms with Crippen LogP contribution in [0.1, 0.15) is 6.92 Å². The number of rotatable bonds is 8. The molecule has 0 spiro atoms. The molecule has 0 aliphatic heterocycles. The highest BCUT2D eigenvalue weighted by Crippen LogP contribution is 2.15. The van der Waals surface area contributed by atoms with Crippen LogP contribution in [0.5, 0.6) is 5.75 Å². The molecule has 0 heterocycles. The van der Waals surface area contributed by atoms with Crippen molar-refractivity contribution < 1.29 is 19.1 Å². The van der Waals surface area contributed by atoms with Gasteiger partial charge in [0, 0.05) is 24.0 Å². The fraction of sp³-hybridized carbons (Fsp3) is 0.250. The molecule has 8 heteroatoms.